The molecule has 1 rings (SSSR count). The Hall–Kier alpha value is -1.67. The SMILES string of the molecule is CCC(=O)OCC1OC(O)[C@H](OC(=O)CC)[C@@H]1OC(=O)CC. The standard InChI is InChI=1S/C14H22O8/c1-4-9(15)19-7-8-12(21-10(16)5-2)13(14(18)20-8)22-11(17)6-3/h8,12-14,18H,4-7H2,1-3H3/t8?,12-,13-,14?/m1/s1. The summed E-state index contributed by atoms with van der Waals surface area (Å²) < 4.78 is 20.4. The van der Waals surface area contributed by atoms with E-state index in [1.807, 2.05) is 0 Å². The van der Waals surface area contributed by atoms with E-state index in [-0.39, 0.29) is 25.9 Å². The highest BCUT2D eigenvalue weighted by Gasteiger charge is 2.49. The number of rotatable bonds is 7. The van der Waals surface area contributed by atoms with Crippen molar-refractivity contribution in [3.8, 4) is 0 Å². The summed E-state index contributed by atoms with van der Waals surface area (Å²) >= 11 is 0. The Labute approximate surface area is 128 Å². The largest absolute Gasteiger partial charge is 0.463 e. The van der Waals surface area contributed by atoms with Crippen LogP contribution < -0.4 is 0 Å². The lowest BCUT2D eigenvalue weighted by Gasteiger charge is -2.22. The summed E-state index contributed by atoms with van der Waals surface area (Å²) in [7, 11) is 0. The number of hydrogen-bond acceptors (Lipinski definition) is 8. The molecule has 0 spiro atoms. The molecule has 8 heteroatoms. The molecular weight excluding hydrogens is 296 g/mol. The van der Waals surface area contributed by atoms with Crippen molar-refractivity contribution >= 4 is 17.9 Å². The van der Waals surface area contributed by atoms with Gasteiger partial charge in [0.15, 0.2) is 18.5 Å². The molecule has 1 N–H and O–H groups in total. The number of hydrogen-bond donors (Lipinski definition) is 1. The summed E-state index contributed by atoms with van der Waals surface area (Å²) in [6.45, 7) is 4.63. The minimum atomic E-state index is -1.45. The van der Waals surface area contributed by atoms with Gasteiger partial charge in [0.25, 0.3) is 0 Å². The van der Waals surface area contributed by atoms with Gasteiger partial charge in [-0.3, -0.25) is 14.4 Å². The highest BCUT2D eigenvalue weighted by molar-refractivity contribution is 5.70. The second kappa shape index (κ2) is 8.70. The van der Waals surface area contributed by atoms with Crippen LogP contribution in [0.5, 0.6) is 0 Å². The van der Waals surface area contributed by atoms with Crippen LogP contribution in [-0.4, -0.2) is 54.2 Å². The Bertz CT molecular complexity index is 408. The summed E-state index contributed by atoms with van der Waals surface area (Å²) in [5.41, 5.74) is 0. The summed E-state index contributed by atoms with van der Waals surface area (Å²) in [5.74, 6) is -1.55. The molecule has 8 nitrogen and oxygen atoms in total. The Morgan fingerprint density at radius 2 is 1.41 bits per heavy atom. The van der Waals surface area contributed by atoms with Crippen LogP contribution in [0.3, 0.4) is 0 Å². The Morgan fingerprint density at radius 3 is 1.91 bits per heavy atom. The van der Waals surface area contributed by atoms with Crippen LogP contribution >= 0.6 is 0 Å². The molecule has 0 aliphatic carbocycles. The monoisotopic (exact) mass is 318 g/mol. The van der Waals surface area contributed by atoms with Crippen LogP contribution in [0.4, 0.5) is 0 Å². The van der Waals surface area contributed by atoms with Crippen LogP contribution in [-0.2, 0) is 33.3 Å². The lowest BCUT2D eigenvalue weighted by molar-refractivity contribution is -0.176. The third-order valence-corrected chi connectivity index (χ3v) is 3.10. The van der Waals surface area contributed by atoms with Crippen molar-refractivity contribution in [2.75, 3.05) is 6.61 Å². The van der Waals surface area contributed by atoms with E-state index in [2.05, 4.69) is 0 Å². The minimum absolute atomic E-state index is 0.104. The zero-order valence-corrected chi connectivity index (χ0v) is 12.9. The van der Waals surface area contributed by atoms with E-state index in [0.29, 0.717) is 0 Å². The van der Waals surface area contributed by atoms with Crippen LogP contribution in [0.2, 0.25) is 0 Å². The molecule has 1 aliphatic heterocycles. The van der Waals surface area contributed by atoms with E-state index in [0.717, 1.165) is 0 Å². The summed E-state index contributed by atoms with van der Waals surface area (Å²) in [5, 5.41) is 9.85. The molecule has 1 fully saturated rings. The van der Waals surface area contributed by atoms with E-state index in [1.165, 1.54) is 0 Å². The first kappa shape index (κ1) is 18.4. The van der Waals surface area contributed by atoms with Crippen LogP contribution in [0.25, 0.3) is 0 Å². The fourth-order valence-electron chi connectivity index (χ4n) is 1.86. The lowest BCUT2D eigenvalue weighted by Crippen LogP contribution is -2.41. The van der Waals surface area contributed by atoms with E-state index in [1.54, 1.807) is 20.8 Å². The molecule has 22 heavy (non-hydrogen) atoms. The number of aliphatic hydroxyl groups excluding tert-OH is 1. The average Bonchev–Trinajstić information content (AvgIpc) is 2.80. The number of ether oxygens (including phenoxy) is 4. The topological polar surface area (TPSA) is 108 Å². The molecule has 0 bridgehead atoms. The predicted molar refractivity (Wildman–Crippen MR) is 72.5 cm³/mol. The normalized spacial score (nSPS) is 27.3. The van der Waals surface area contributed by atoms with Gasteiger partial charge in [0.05, 0.1) is 0 Å². The van der Waals surface area contributed by atoms with Gasteiger partial charge in [0, 0.05) is 19.3 Å². The molecule has 0 aromatic rings. The fourth-order valence-corrected chi connectivity index (χ4v) is 1.86. The maximum absolute atomic E-state index is 11.5. The van der Waals surface area contributed by atoms with E-state index in [4.69, 9.17) is 18.9 Å². The molecule has 0 radical (unpaired) electrons. The Kier molecular flexibility index (Phi) is 7.26. The summed E-state index contributed by atoms with van der Waals surface area (Å²) in [6.07, 6.45) is -4.11. The second-order valence-corrected chi connectivity index (χ2v) is 4.72. The van der Waals surface area contributed by atoms with Crippen molar-refractivity contribution in [3.05, 3.63) is 0 Å². The summed E-state index contributed by atoms with van der Waals surface area (Å²) in [4.78, 5) is 34.1. The van der Waals surface area contributed by atoms with Gasteiger partial charge in [-0.25, -0.2) is 0 Å². The number of aliphatic hydroxyl groups is 1. The zero-order valence-electron chi connectivity index (χ0n) is 12.9. The van der Waals surface area contributed by atoms with Gasteiger partial charge in [-0.1, -0.05) is 20.8 Å². The lowest BCUT2D eigenvalue weighted by atomic mass is 10.1. The van der Waals surface area contributed by atoms with Crippen LogP contribution in [0, 0.1) is 0 Å². The smallest absolute Gasteiger partial charge is 0.306 e. The van der Waals surface area contributed by atoms with Crippen molar-refractivity contribution < 1.29 is 38.4 Å². The molecule has 0 saturated carbocycles. The molecular formula is C14H22O8. The molecule has 1 heterocycles. The summed E-state index contributed by atoms with van der Waals surface area (Å²) in [6, 6.07) is 0. The van der Waals surface area contributed by atoms with Gasteiger partial charge in [-0.2, -0.15) is 0 Å². The molecule has 126 valence electrons. The van der Waals surface area contributed by atoms with Crippen LogP contribution in [0.15, 0.2) is 0 Å². The minimum Gasteiger partial charge on any atom is -0.463 e. The van der Waals surface area contributed by atoms with Gasteiger partial charge in [-0.05, 0) is 0 Å². The molecule has 0 aromatic heterocycles. The Balaban J connectivity index is 2.79. The highest BCUT2D eigenvalue weighted by atomic mass is 16.7. The molecule has 0 amide bonds. The van der Waals surface area contributed by atoms with Gasteiger partial charge >= 0.3 is 17.9 Å². The van der Waals surface area contributed by atoms with Crippen molar-refractivity contribution in [3.63, 3.8) is 0 Å². The number of carbonyl (C=O) groups excluding carboxylic acids is 3. The molecule has 2 unspecified atom stereocenters. The average molecular weight is 318 g/mol. The quantitative estimate of drug-likeness (QED) is 0.527. The van der Waals surface area contributed by atoms with Gasteiger partial charge in [0.2, 0.25) is 0 Å². The number of carbonyl (C=O) groups is 3. The first-order valence-corrected chi connectivity index (χ1v) is 7.30. The van der Waals surface area contributed by atoms with E-state index >= 15 is 0 Å². The Morgan fingerprint density at radius 1 is 0.909 bits per heavy atom. The first-order chi connectivity index (χ1) is 10.4. The van der Waals surface area contributed by atoms with Gasteiger partial charge in [-0.15, -0.1) is 0 Å². The predicted octanol–water partition coefficient (Wildman–Crippen LogP) is 0.300. The van der Waals surface area contributed by atoms with Crippen molar-refractivity contribution in [1.29, 1.82) is 0 Å². The molecule has 1 aliphatic rings. The zero-order chi connectivity index (χ0) is 16.7. The van der Waals surface area contributed by atoms with Gasteiger partial charge < -0.3 is 24.1 Å². The molecule has 0 aromatic carbocycles. The van der Waals surface area contributed by atoms with E-state index in [9.17, 15) is 19.5 Å². The van der Waals surface area contributed by atoms with Crippen molar-refractivity contribution in [2.24, 2.45) is 0 Å². The second-order valence-electron chi connectivity index (χ2n) is 4.72. The van der Waals surface area contributed by atoms with Gasteiger partial charge in [0.1, 0.15) is 12.7 Å². The van der Waals surface area contributed by atoms with Crippen LogP contribution in [0.1, 0.15) is 40.0 Å². The van der Waals surface area contributed by atoms with Crippen molar-refractivity contribution in [1.82, 2.24) is 0 Å². The maximum atomic E-state index is 11.5. The first-order valence-electron chi connectivity index (χ1n) is 7.30. The number of esters is 3. The maximum Gasteiger partial charge on any atom is 0.306 e. The third kappa shape index (κ3) is 4.96. The fraction of sp³-hybridized carbons (Fsp3) is 0.786. The molecule has 1 saturated heterocycles. The highest BCUT2D eigenvalue weighted by Crippen LogP contribution is 2.26. The molecule has 4 atom stereocenters. The van der Waals surface area contributed by atoms with Crippen molar-refractivity contribution in [2.45, 2.75) is 64.6 Å². The third-order valence-electron chi connectivity index (χ3n) is 3.10. The van der Waals surface area contributed by atoms with E-state index < -0.39 is 42.5 Å².